The highest BCUT2D eigenvalue weighted by atomic mass is 79.9. The van der Waals surface area contributed by atoms with Crippen molar-refractivity contribution in [2.45, 2.75) is 52.7 Å². The molecule has 1 aromatic rings. The van der Waals surface area contributed by atoms with Crippen LogP contribution >= 0.6 is 17.0 Å². The van der Waals surface area contributed by atoms with Crippen molar-refractivity contribution in [1.82, 2.24) is 9.55 Å². The van der Waals surface area contributed by atoms with Crippen LogP contribution in [0.5, 0.6) is 0 Å². The van der Waals surface area contributed by atoms with Gasteiger partial charge in [0, 0.05) is 17.8 Å². The molecule has 3 rings (SSSR count). The van der Waals surface area contributed by atoms with Gasteiger partial charge in [-0.05, 0) is 30.6 Å². The molecule has 1 aromatic heterocycles. The highest BCUT2D eigenvalue weighted by molar-refractivity contribution is 8.93. The van der Waals surface area contributed by atoms with Gasteiger partial charge in [0.05, 0.1) is 6.33 Å². The molecule has 5 heteroatoms. The molecule has 0 spiro atoms. The summed E-state index contributed by atoms with van der Waals surface area (Å²) < 4.78 is 7.52. The van der Waals surface area contributed by atoms with Gasteiger partial charge in [-0.25, -0.2) is 4.98 Å². The minimum atomic E-state index is -0.146. The van der Waals surface area contributed by atoms with E-state index < -0.39 is 0 Å². The quantitative estimate of drug-likeness (QED) is 0.792. The summed E-state index contributed by atoms with van der Waals surface area (Å²) in [4.78, 5) is 16.0. The molecular weight excluding hydrogens is 320 g/mol. The van der Waals surface area contributed by atoms with Crippen LogP contribution in [0.3, 0.4) is 0 Å². The second-order valence-electron chi connectivity index (χ2n) is 6.82. The number of hydrogen-bond acceptors (Lipinski definition) is 3. The molecule has 2 fully saturated rings. The summed E-state index contributed by atoms with van der Waals surface area (Å²) >= 11 is 0. The summed E-state index contributed by atoms with van der Waals surface area (Å²) in [5.41, 5.74) is 0.426. The third-order valence-electron chi connectivity index (χ3n) is 5.86. The number of hydrogen-bond donors (Lipinski definition) is 0. The van der Waals surface area contributed by atoms with E-state index in [1.165, 1.54) is 12.8 Å². The van der Waals surface area contributed by atoms with Crippen molar-refractivity contribution in [1.29, 1.82) is 0 Å². The number of nitrogens with zero attached hydrogens (tertiary/aromatic N) is 2. The Morgan fingerprint density at radius 3 is 2.70 bits per heavy atom. The Balaban J connectivity index is 0.00000147. The van der Waals surface area contributed by atoms with E-state index in [0.717, 1.165) is 6.42 Å². The van der Waals surface area contributed by atoms with E-state index in [-0.39, 0.29) is 46.4 Å². The van der Waals surface area contributed by atoms with Gasteiger partial charge in [0.1, 0.15) is 12.6 Å². The van der Waals surface area contributed by atoms with E-state index in [2.05, 4.69) is 25.8 Å². The van der Waals surface area contributed by atoms with Crippen molar-refractivity contribution < 1.29 is 9.53 Å². The summed E-state index contributed by atoms with van der Waals surface area (Å²) in [5.74, 6) is 0.552. The number of halogens is 1. The fourth-order valence-corrected chi connectivity index (χ4v) is 4.03. The SMILES string of the molecule is Br.CC1(C)C2CCC1(C)C(OC(=O)Cn1ccnc1)C2. The molecule has 112 valence electrons. The first-order chi connectivity index (χ1) is 8.93. The standard InChI is InChI=1S/C15H22N2O2.BrH/c1-14(2)11-4-5-15(14,3)12(8-11)19-13(18)9-17-7-6-16-10-17;/h6-7,10-12H,4-5,8-9H2,1-3H3;1H. The molecule has 20 heavy (non-hydrogen) atoms. The lowest BCUT2D eigenvalue weighted by molar-refractivity contribution is -0.157. The van der Waals surface area contributed by atoms with E-state index in [0.29, 0.717) is 5.92 Å². The molecule has 2 bridgehead atoms. The Kier molecular flexibility index (Phi) is 4.02. The molecule has 0 aromatic carbocycles. The van der Waals surface area contributed by atoms with Crippen molar-refractivity contribution in [3.8, 4) is 0 Å². The third kappa shape index (κ3) is 2.20. The first-order valence-electron chi connectivity index (χ1n) is 7.09. The Morgan fingerprint density at radius 1 is 1.45 bits per heavy atom. The van der Waals surface area contributed by atoms with Crippen LogP contribution in [-0.4, -0.2) is 21.6 Å². The minimum Gasteiger partial charge on any atom is -0.460 e. The maximum atomic E-state index is 12.0. The average molecular weight is 343 g/mol. The fraction of sp³-hybridized carbons (Fsp3) is 0.733. The average Bonchev–Trinajstić information content (AvgIpc) is 2.95. The molecule has 0 aliphatic heterocycles. The second-order valence-corrected chi connectivity index (χ2v) is 6.82. The lowest BCUT2D eigenvalue weighted by Crippen LogP contribution is -2.38. The van der Waals surface area contributed by atoms with Crippen LogP contribution in [0.15, 0.2) is 18.7 Å². The fourth-order valence-electron chi connectivity index (χ4n) is 4.03. The molecule has 2 aliphatic rings. The molecule has 0 radical (unpaired) electrons. The van der Waals surface area contributed by atoms with E-state index in [9.17, 15) is 4.79 Å². The van der Waals surface area contributed by atoms with Crippen molar-refractivity contribution >= 4 is 23.0 Å². The Labute approximate surface area is 130 Å². The van der Waals surface area contributed by atoms with Crippen molar-refractivity contribution in [2.24, 2.45) is 16.7 Å². The van der Waals surface area contributed by atoms with Gasteiger partial charge in [-0.15, -0.1) is 17.0 Å². The molecule has 4 nitrogen and oxygen atoms in total. The van der Waals surface area contributed by atoms with Gasteiger partial charge in [0.25, 0.3) is 0 Å². The van der Waals surface area contributed by atoms with E-state index in [1.54, 1.807) is 23.3 Å². The summed E-state index contributed by atoms with van der Waals surface area (Å²) in [5, 5.41) is 0. The molecule has 2 saturated carbocycles. The van der Waals surface area contributed by atoms with Gasteiger partial charge in [-0.1, -0.05) is 20.8 Å². The first-order valence-corrected chi connectivity index (χ1v) is 7.09. The highest BCUT2D eigenvalue weighted by Crippen LogP contribution is 2.66. The number of carbonyl (C=O) groups is 1. The van der Waals surface area contributed by atoms with Gasteiger partial charge in [0.2, 0.25) is 0 Å². The Hall–Kier alpha value is -0.840. The second kappa shape index (κ2) is 5.17. The van der Waals surface area contributed by atoms with E-state index >= 15 is 0 Å². The number of aromatic nitrogens is 2. The van der Waals surface area contributed by atoms with E-state index in [4.69, 9.17) is 4.74 Å². The summed E-state index contributed by atoms with van der Waals surface area (Å²) in [6.45, 7) is 7.20. The molecule has 0 saturated heterocycles. The Bertz CT molecular complexity index is 486. The lowest BCUT2D eigenvalue weighted by Gasteiger charge is -2.38. The maximum Gasteiger partial charge on any atom is 0.326 e. The Morgan fingerprint density at radius 2 is 2.20 bits per heavy atom. The van der Waals surface area contributed by atoms with Gasteiger partial charge >= 0.3 is 5.97 Å². The van der Waals surface area contributed by atoms with Gasteiger partial charge in [0.15, 0.2) is 0 Å². The van der Waals surface area contributed by atoms with Crippen LogP contribution in [-0.2, 0) is 16.1 Å². The predicted molar refractivity (Wildman–Crippen MR) is 81.7 cm³/mol. The molecule has 1 heterocycles. The highest BCUT2D eigenvalue weighted by Gasteiger charge is 2.62. The number of carbonyl (C=O) groups excluding carboxylic acids is 1. The number of esters is 1. The molecule has 0 N–H and O–H groups in total. The molecule has 3 atom stereocenters. The third-order valence-corrected chi connectivity index (χ3v) is 5.86. The van der Waals surface area contributed by atoms with Crippen molar-refractivity contribution in [3.63, 3.8) is 0 Å². The van der Waals surface area contributed by atoms with Crippen LogP contribution < -0.4 is 0 Å². The minimum absolute atomic E-state index is 0. The number of fused-ring (bicyclic) bond motifs is 2. The zero-order chi connectivity index (χ0) is 13.7. The molecular formula is C15H23BrN2O2. The zero-order valence-electron chi connectivity index (χ0n) is 12.3. The first kappa shape index (κ1) is 15.5. The van der Waals surface area contributed by atoms with Crippen LogP contribution in [0.1, 0.15) is 40.0 Å². The maximum absolute atomic E-state index is 12.0. The number of ether oxygens (including phenoxy) is 1. The van der Waals surface area contributed by atoms with Gasteiger partial charge in [-0.2, -0.15) is 0 Å². The summed E-state index contributed by atoms with van der Waals surface area (Å²) in [7, 11) is 0. The lowest BCUT2D eigenvalue weighted by atomic mass is 9.70. The van der Waals surface area contributed by atoms with E-state index in [1.807, 2.05) is 0 Å². The zero-order valence-corrected chi connectivity index (χ0v) is 14.0. The van der Waals surface area contributed by atoms with Crippen molar-refractivity contribution in [3.05, 3.63) is 18.7 Å². The van der Waals surface area contributed by atoms with Crippen LogP contribution in [0.2, 0.25) is 0 Å². The monoisotopic (exact) mass is 342 g/mol. The smallest absolute Gasteiger partial charge is 0.326 e. The van der Waals surface area contributed by atoms with Crippen LogP contribution in [0.4, 0.5) is 0 Å². The summed E-state index contributed by atoms with van der Waals surface area (Å²) in [6, 6.07) is 0. The molecule has 0 amide bonds. The number of imidazole rings is 1. The van der Waals surface area contributed by atoms with Gasteiger partial charge < -0.3 is 9.30 Å². The number of rotatable bonds is 3. The largest absolute Gasteiger partial charge is 0.460 e. The van der Waals surface area contributed by atoms with Crippen molar-refractivity contribution in [2.75, 3.05) is 0 Å². The van der Waals surface area contributed by atoms with Crippen LogP contribution in [0.25, 0.3) is 0 Å². The molecule has 2 aliphatic carbocycles. The molecule has 3 unspecified atom stereocenters. The predicted octanol–water partition coefficient (Wildman–Crippen LogP) is 3.22. The summed E-state index contributed by atoms with van der Waals surface area (Å²) in [6.07, 6.45) is 8.67. The normalized spacial score (nSPS) is 33.8. The topological polar surface area (TPSA) is 44.1 Å². The van der Waals surface area contributed by atoms with Gasteiger partial charge in [-0.3, -0.25) is 4.79 Å². The van der Waals surface area contributed by atoms with Crippen LogP contribution in [0, 0.1) is 16.7 Å².